The molecule has 1 heteroatoms. The average Bonchev–Trinajstić information content (AvgIpc) is 3.11. The lowest BCUT2D eigenvalue weighted by molar-refractivity contribution is 0.0960. The minimum absolute atomic E-state index is 0.162. The van der Waals surface area contributed by atoms with Gasteiger partial charge in [0.05, 0.1) is 0 Å². The number of benzene rings is 2. The van der Waals surface area contributed by atoms with Crippen molar-refractivity contribution in [2.24, 2.45) is 11.8 Å². The van der Waals surface area contributed by atoms with Gasteiger partial charge in [-0.25, -0.2) is 0 Å². The van der Waals surface area contributed by atoms with Crippen LogP contribution in [0.2, 0.25) is 0 Å². The molecule has 0 aliphatic heterocycles. The van der Waals surface area contributed by atoms with E-state index in [0.717, 1.165) is 5.56 Å². The molecule has 1 aliphatic carbocycles. The Morgan fingerprint density at radius 3 is 2.06 bits per heavy atom. The molecule has 3 atom stereocenters. The number of Topliss-reactive ketones (excluding diaryl/α,β-unsaturated/α-hetero) is 1. The van der Waals surface area contributed by atoms with E-state index in [9.17, 15) is 4.79 Å². The van der Waals surface area contributed by atoms with E-state index in [4.69, 9.17) is 0 Å². The fourth-order valence-electron chi connectivity index (χ4n) is 2.85. The van der Waals surface area contributed by atoms with E-state index < -0.39 is 0 Å². The molecule has 1 aliphatic rings. The van der Waals surface area contributed by atoms with Crippen LogP contribution in [-0.4, -0.2) is 5.78 Å². The third-order valence-electron chi connectivity index (χ3n) is 3.92. The van der Waals surface area contributed by atoms with Crippen molar-refractivity contribution in [2.75, 3.05) is 0 Å². The van der Waals surface area contributed by atoms with Gasteiger partial charge >= 0.3 is 0 Å². The van der Waals surface area contributed by atoms with Gasteiger partial charge < -0.3 is 0 Å². The van der Waals surface area contributed by atoms with Crippen molar-refractivity contribution in [1.29, 1.82) is 0 Å². The zero-order chi connectivity index (χ0) is 12.5. The van der Waals surface area contributed by atoms with E-state index in [1.807, 2.05) is 48.5 Å². The zero-order valence-electron chi connectivity index (χ0n) is 10.4. The summed E-state index contributed by atoms with van der Waals surface area (Å²) in [5, 5.41) is 0. The zero-order valence-corrected chi connectivity index (χ0v) is 10.4. The number of hydrogen-bond acceptors (Lipinski definition) is 1. The SMILES string of the molecule is C[C@@H]1[C@@H](C(=O)c2ccccc2)[C@H]1c1ccccc1. The van der Waals surface area contributed by atoms with Gasteiger partial charge in [-0.1, -0.05) is 67.6 Å². The lowest BCUT2D eigenvalue weighted by Gasteiger charge is -2.00. The molecule has 0 aromatic heterocycles. The molecule has 1 saturated carbocycles. The second kappa shape index (κ2) is 4.41. The first-order valence-corrected chi connectivity index (χ1v) is 6.43. The van der Waals surface area contributed by atoms with Crippen LogP contribution in [0.25, 0.3) is 0 Å². The maximum Gasteiger partial charge on any atom is 0.166 e. The second-order valence-corrected chi connectivity index (χ2v) is 5.05. The summed E-state index contributed by atoms with van der Waals surface area (Å²) >= 11 is 0. The molecule has 0 amide bonds. The molecule has 0 radical (unpaired) electrons. The van der Waals surface area contributed by atoms with Crippen LogP contribution in [0.5, 0.6) is 0 Å². The Kier molecular flexibility index (Phi) is 2.75. The number of carbonyl (C=O) groups excluding carboxylic acids is 1. The molecule has 3 rings (SSSR count). The van der Waals surface area contributed by atoms with Crippen LogP contribution in [0, 0.1) is 11.8 Å². The normalized spacial score (nSPS) is 25.7. The van der Waals surface area contributed by atoms with Crippen LogP contribution in [0.3, 0.4) is 0 Å². The van der Waals surface area contributed by atoms with E-state index >= 15 is 0 Å². The fraction of sp³-hybridized carbons (Fsp3) is 0.235. The van der Waals surface area contributed by atoms with Gasteiger partial charge in [0.2, 0.25) is 0 Å². The van der Waals surface area contributed by atoms with Crippen LogP contribution < -0.4 is 0 Å². The first-order chi connectivity index (χ1) is 8.79. The number of hydrogen-bond donors (Lipinski definition) is 0. The summed E-state index contributed by atoms with van der Waals surface area (Å²) in [6, 6.07) is 20.0. The van der Waals surface area contributed by atoms with Gasteiger partial charge in [0.1, 0.15) is 0 Å². The molecule has 2 aromatic rings. The number of ketones is 1. The monoisotopic (exact) mass is 236 g/mol. The maximum atomic E-state index is 12.4. The molecule has 90 valence electrons. The topological polar surface area (TPSA) is 17.1 Å². The Bertz CT molecular complexity index is 544. The molecule has 0 bridgehead atoms. The van der Waals surface area contributed by atoms with E-state index in [1.165, 1.54) is 5.56 Å². The average molecular weight is 236 g/mol. The van der Waals surface area contributed by atoms with Crippen LogP contribution >= 0.6 is 0 Å². The summed E-state index contributed by atoms with van der Waals surface area (Å²) in [6.07, 6.45) is 0. The Hall–Kier alpha value is -1.89. The van der Waals surface area contributed by atoms with Crippen LogP contribution in [0.15, 0.2) is 60.7 Å². The lowest BCUT2D eigenvalue weighted by atomic mass is 10.0. The van der Waals surface area contributed by atoms with Gasteiger partial charge in [-0.15, -0.1) is 0 Å². The standard InChI is InChI=1S/C17H16O/c1-12-15(13-8-4-2-5-9-13)16(12)17(18)14-10-6-3-7-11-14/h2-12,15-16H,1H3/t12-,15+,16+/m0/s1. The summed E-state index contributed by atoms with van der Waals surface area (Å²) in [5.41, 5.74) is 2.13. The Morgan fingerprint density at radius 2 is 1.44 bits per heavy atom. The summed E-state index contributed by atoms with van der Waals surface area (Å²) in [7, 11) is 0. The largest absolute Gasteiger partial charge is 0.294 e. The predicted molar refractivity (Wildman–Crippen MR) is 72.6 cm³/mol. The molecular weight excluding hydrogens is 220 g/mol. The van der Waals surface area contributed by atoms with Crippen molar-refractivity contribution in [3.8, 4) is 0 Å². The third kappa shape index (κ3) is 1.86. The van der Waals surface area contributed by atoms with Gasteiger partial charge in [0.15, 0.2) is 5.78 Å². The van der Waals surface area contributed by atoms with Crippen molar-refractivity contribution >= 4 is 5.78 Å². The van der Waals surface area contributed by atoms with Gasteiger partial charge in [-0.3, -0.25) is 4.79 Å². The third-order valence-corrected chi connectivity index (χ3v) is 3.92. The molecule has 0 unspecified atom stereocenters. The van der Waals surface area contributed by atoms with E-state index in [0.29, 0.717) is 11.8 Å². The summed E-state index contributed by atoms with van der Waals surface area (Å²) < 4.78 is 0. The van der Waals surface area contributed by atoms with E-state index in [-0.39, 0.29) is 11.7 Å². The highest BCUT2D eigenvalue weighted by Crippen LogP contribution is 2.54. The minimum atomic E-state index is 0.162. The molecular formula is C17H16O. The van der Waals surface area contributed by atoms with E-state index in [2.05, 4.69) is 19.1 Å². The smallest absolute Gasteiger partial charge is 0.166 e. The molecule has 1 fully saturated rings. The second-order valence-electron chi connectivity index (χ2n) is 5.05. The molecule has 18 heavy (non-hydrogen) atoms. The van der Waals surface area contributed by atoms with E-state index in [1.54, 1.807) is 0 Å². The quantitative estimate of drug-likeness (QED) is 0.738. The minimum Gasteiger partial charge on any atom is -0.294 e. The van der Waals surface area contributed by atoms with Crippen LogP contribution in [-0.2, 0) is 0 Å². The summed E-state index contributed by atoms with van der Waals surface area (Å²) in [4.78, 5) is 12.4. The highest BCUT2D eigenvalue weighted by molar-refractivity contribution is 6.00. The van der Waals surface area contributed by atoms with Gasteiger partial charge in [0.25, 0.3) is 0 Å². The Balaban J connectivity index is 1.82. The number of rotatable bonds is 3. The molecule has 0 spiro atoms. The van der Waals surface area contributed by atoms with Gasteiger partial charge in [-0.05, 0) is 17.4 Å². The molecule has 2 aromatic carbocycles. The number of carbonyl (C=O) groups is 1. The van der Waals surface area contributed by atoms with Crippen molar-refractivity contribution in [2.45, 2.75) is 12.8 Å². The molecule has 0 heterocycles. The maximum absolute atomic E-state index is 12.4. The van der Waals surface area contributed by atoms with Gasteiger partial charge in [0, 0.05) is 11.5 Å². The Labute approximate surface area is 107 Å². The fourth-order valence-corrected chi connectivity index (χ4v) is 2.85. The van der Waals surface area contributed by atoms with Crippen molar-refractivity contribution in [3.05, 3.63) is 71.8 Å². The summed E-state index contributed by atoms with van der Waals surface area (Å²) in [6.45, 7) is 2.17. The molecule has 1 nitrogen and oxygen atoms in total. The van der Waals surface area contributed by atoms with Crippen LogP contribution in [0.1, 0.15) is 28.8 Å². The van der Waals surface area contributed by atoms with Crippen molar-refractivity contribution < 1.29 is 4.79 Å². The first-order valence-electron chi connectivity index (χ1n) is 6.43. The van der Waals surface area contributed by atoms with Crippen molar-refractivity contribution in [3.63, 3.8) is 0 Å². The Morgan fingerprint density at radius 1 is 0.889 bits per heavy atom. The predicted octanol–water partition coefficient (Wildman–Crippen LogP) is 3.92. The van der Waals surface area contributed by atoms with Gasteiger partial charge in [-0.2, -0.15) is 0 Å². The first kappa shape index (κ1) is 11.2. The molecule has 0 saturated heterocycles. The van der Waals surface area contributed by atoms with Crippen LogP contribution in [0.4, 0.5) is 0 Å². The summed E-state index contributed by atoms with van der Waals surface area (Å²) in [5.74, 6) is 1.31. The van der Waals surface area contributed by atoms with Crippen molar-refractivity contribution in [1.82, 2.24) is 0 Å². The lowest BCUT2D eigenvalue weighted by Crippen LogP contribution is -2.03. The highest BCUT2D eigenvalue weighted by atomic mass is 16.1. The highest BCUT2D eigenvalue weighted by Gasteiger charge is 2.51. The molecule has 0 N–H and O–H groups in total.